The third-order valence-corrected chi connectivity index (χ3v) is 6.74. The van der Waals surface area contributed by atoms with E-state index in [0.717, 1.165) is 5.92 Å². The van der Waals surface area contributed by atoms with E-state index in [1.54, 1.807) is 11.1 Å². The normalized spacial score (nSPS) is 40.5. The van der Waals surface area contributed by atoms with Crippen LogP contribution in [0.25, 0.3) is 0 Å². The predicted octanol–water partition coefficient (Wildman–Crippen LogP) is 3.01. The number of aliphatic hydroxyl groups is 1. The van der Waals surface area contributed by atoms with Crippen LogP contribution in [-0.4, -0.2) is 35.7 Å². The number of fused-ring (bicyclic) bond motifs is 2. The van der Waals surface area contributed by atoms with E-state index < -0.39 is 0 Å². The van der Waals surface area contributed by atoms with Crippen molar-refractivity contribution in [2.75, 3.05) is 13.7 Å². The minimum Gasteiger partial charge on any atom is -0.396 e. The van der Waals surface area contributed by atoms with E-state index in [-0.39, 0.29) is 12.4 Å². The lowest BCUT2D eigenvalue weighted by Crippen LogP contribution is -2.68. The lowest BCUT2D eigenvalue weighted by Gasteiger charge is -2.65. The number of hydrogen-bond acceptors (Lipinski definition) is 2. The molecule has 5 rings (SSSR count). The number of hydrogen-bond donors (Lipinski definition) is 1. The van der Waals surface area contributed by atoms with Crippen LogP contribution in [0.1, 0.15) is 37.3 Å². The highest BCUT2D eigenvalue weighted by Crippen LogP contribution is 2.59. The largest absolute Gasteiger partial charge is 0.396 e. The van der Waals surface area contributed by atoms with Gasteiger partial charge in [-0.2, -0.15) is 0 Å². The van der Waals surface area contributed by atoms with E-state index in [1.807, 2.05) is 0 Å². The molecule has 4 bridgehead atoms. The summed E-state index contributed by atoms with van der Waals surface area (Å²) in [5, 5.41) is 9.72. The number of benzene rings is 1. The zero-order valence-electron chi connectivity index (χ0n) is 13.0. The fraction of sp³-hybridized carbons (Fsp3) is 0.667. The second-order valence-electron chi connectivity index (χ2n) is 7.16. The smallest absolute Gasteiger partial charge is 0.0474 e. The van der Waals surface area contributed by atoms with E-state index in [4.69, 9.17) is 0 Å². The van der Waals surface area contributed by atoms with Crippen molar-refractivity contribution in [3.8, 4) is 0 Å². The first kappa shape index (κ1) is 15.3. The Kier molecular flexibility index (Phi) is 3.84. The van der Waals surface area contributed by atoms with Gasteiger partial charge in [0, 0.05) is 24.1 Å². The molecular weight excluding hydrogens is 282 g/mol. The summed E-state index contributed by atoms with van der Waals surface area (Å²) in [7, 11) is 2.29. The third kappa shape index (κ3) is 1.85. The molecule has 3 unspecified atom stereocenters. The first-order chi connectivity index (χ1) is 9.71. The van der Waals surface area contributed by atoms with Crippen molar-refractivity contribution in [1.82, 2.24) is 4.90 Å². The second-order valence-corrected chi connectivity index (χ2v) is 7.16. The van der Waals surface area contributed by atoms with Gasteiger partial charge < -0.3 is 5.11 Å². The number of piperidine rings is 2. The van der Waals surface area contributed by atoms with Gasteiger partial charge in [0.2, 0.25) is 0 Å². The molecule has 1 N–H and O–H groups in total. The second kappa shape index (κ2) is 5.26. The minimum atomic E-state index is 0. The zero-order valence-corrected chi connectivity index (χ0v) is 13.8. The van der Waals surface area contributed by atoms with Crippen LogP contribution < -0.4 is 0 Å². The van der Waals surface area contributed by atoms with E-state index in [0.29, 0.717) is 30.0 Å². The lowest BCUT2D eigenvalue weighted by atomic mass is 9.48. The van der Waals surface area contributed by atoms with Crippen molar-refractivity contribution in [3.05, 3.63) is 35.4 Å². The fourth-order valence-electron chi connectivity index (χ4n) is 5.73. The van der Waals surface area contributed by atoms with Crippen molar-refractivity contribution in [3.63, 3.8) is 0 Å². The Hall–Kier alpha value is -0.570. The predicted molar refractivity (Wildman–Crippen MR) is 88.0 cm³/mol. The van der Waals surface area contributed by atoms with Crippen molar-refractivity contribution >= 4 is 12.4 Å². The molecule has 2 aliphatic carbocycles. The van der Waals surface area contributed by atoms with Gasteiger partial charge in [-0.3, -0.25) is 4.90 Å². The van der Waals surface area contributed by atoms with E-state index in [1.165, 1.54) is 25.7 Å². The molecule has 1 aromatic carbocycles. The summed E-state index contributed by atoms with van der Waals surface area (Å²) in [5.74, 6) is 1.22. The highest BCUT2D eigenvalue weighted by molar-refractivity contribution is 5.85. The molecule has 2 nitrogen and oxygen atoms in total. The molecule has 2 heterocycles. The highest BCUT2D eigenvalue weighted by atomic mass is 35.5. The van der Waals surface area contributed by atoms with Gasteiger partial charge in [-0.1, -0.05) is 31.2 Å². The summed E-state index contributed by atoms with van der Waals surface area (Å²) >= 11 is 0. The summed E-state index contributed by atoms with van der Waals surface area (Å²) in [4.78, 5) is 2.60. The van der Waals surface area contributed by atoms with E-state index >= 15 is 0 Å². The maximum Gasteiger partial charge on any atom is 0.0474 e. The van der Waals surface area contributed by atoms with Crippen LogP contribution in [0.3, 0.4) is 0 Å². The monoisotopic (exact) mass is 307 g/mol. The first-order valence-electron chi connectivity index (χ1n) is 8.12. The number of halogens is 1. The number of likely N-dealkylation sites (N-methyl/N-ethyl adjacent to an activating group) is 1. The molecule has 1 saturated carbocycles. The van der Waals surface area contributed by atoms with Crippen LogP contribution in [0, 0.1) is 11.8 Å². The first-order valence-corrected chi connectivity index (χ1v) is 8.12. The summed E-state index contributed by atoms with van der Waals surface area (Å²) in [5.41, 5.74) is 3.57. The van der Waals surface area contributed by atoms with Crippen molar-refractivity contribution in [2.24, 2.45) is 11.8 Å². The van der Waals surface area contributed by atoms with Crippen LogP contribution in [0.2, 0.25) is 0 Å². The van der Waals surface area contributed by atoms with Gasteiger partial charge in [0.1, 0.15) is 0 Å². The quantitative estimate of drug-likeness (QED) is 0.908. The molecule has 2 saturated heterocycles. The van der Waals surface area contributed by atoms with Gasteiger partial charge in [-0.25, -0.2) is 0 Å². The molecule has 4 aliphatic rings. The number of nitrogens with zero attached hydrogens (tertiary/aromatic N) is 1. The lowest BCUT2D eigenvalue weighted by molar-refractivity contribution is -0.106. The van der Waals surface area contributed by atoms with Gasteiger partial charge in [-0.05, 0) is 55.7 Å². The number of aliphatic hydroxyl groups excluding tert-OH is 1. The topological polar surface area (TPSA) is 23.5 Å². The molecule has 1 aromatic rings. The van der Waals surface area contributed by atoms with E-state index in [2.05, 4.69) is 43.1 Å². The summed E-state index contributed by atoms with van der Waals surface area (Å²) in [6, 6.07) is 10.4. The Morgan fingerprint density at radius 3 is 2.76 bits per heavy atom. The molecule has 0 radical (unpaired) electrons. The molecule has 0 amide bonds. The Morgan fingerprint density at radius 2 is 2.05 bits per heavy atom. The molecular formula is C18H26ClNO. The van der Waals surface area contributed by atoms with Crippen molar-refractivity contribution in [2.45, 2.75) is 50.1 Å². The van der Waals surface area contributed by atoms with Crippen LogP contribution in [0.4, 0.5) is 0 Å². The molecule has 0 aromatic heterocycles. The fourth-order valence-corrected chi connectivity index (χ4v) is 5.73. The van der Waals surface area contributed by atoms with Gasteiger partial charge in [0.25, 0.3) is 0 Å². The molecule has 116 valence electrons. The SMILES string of the molecule is CC[C@@]12CC3[C@@H](CO)CC1C(Cc1ccccc12)N3C.Cl. The van der Waals surface area contributed by atoms with Crippen LogP contribution in [0.5, 0.6) is 0 Å². The number of rotatable bonds is 2. The van der Waals surface area contributed by atoms with Gasteiger partial charge >= 0.3 is 0 Å². The third-order valence-electron chi connectivity index (χ3n) is 6.74. The zero-order chi connectivity index (χ0) is 13.9. The molecule has 3 heteroatoms. The Morgan fingerprint density at radius 1 is 1.29 bits per heavy atom. The Labute approximate surface area is 134 Å². The molecule has 0 spiro atoms. The van der Waals surface area contributed by atoms with Crippen LogP contribution in [0.15, 0.2) is 24.3 Å². The molecule has 3 fully saturated rings. The summed E-state index contributed by atoms with van der Waals surface area (Å²) < 4.78 is 0. The van der Waals surface area contributed by atoms with E-state index in [9.17, 15) is 5.11 Å². The standard InChI is InChI=1S/C18H25NO.ClH/c1-3-18-10-17-13(11-20)8-15(18)16(19(17)2)9-12-6-4-5-7-14(12)18;/h4-7,13,15-17,20H,3,8-11H2,1-2H3;1H/t13-,15?,16?,17?,18+;/m1./s1. The molecule has 21 heavy (non-hydrogen) atoms. The highest BCUT2D eigenvalue weighted by Gasteiger charge is 2.59. The molecule has 5 atom stereocenters. The molecule has 2 aliphatic heterocycles. The maximum absolute atomic E-state index is 9.72. The minimum absolute atomic E-state index is 0. The Bertz CT molecular complexity index is 534. The van der Waals surface area contributed by atoms with Crippen LogP contribution >= 0.6 is 12.4 Å². The summed E-state index contributed by atoms with van der Waals surface area (Å²) in [6.07, 6.45) is 4.91. The average molecular weight is 308 g/mol. The maximum atomic E-state index is 9.72. The Balaban J connectivity index is 0.00000132. The average Bonchev–Trinajstić information content (AvgIpc) is 2.50. The van der Waals surface area contributed by atoms with Gasteiger partial charge in [0.05, 0.1) is 0 Å². The van der Waals surface area contributed by atoms with Crippen molar-refractivity contribution < 1.29 is 5.11 Å². The van der Waals surface area contributed by atoms with Gasteiger partial charge in [0.15, 0.2) is 0 Å². The van der Waals surface area contributed by atoms with Crippen molar-refractivity contribution in [1.29, 1.82) is 0 Å². The van der Waals surface area contributed by atoms with Crippen LogP contribution in [-0.2, 0) is 11.8 Å². The summed E-state index contributed by atoms with van der Waals surface area (Å²) in [6.45, 7) is 2.73. The van der Waals surface area contributed by atoms with Gasteiger partial charge in [-0.15, -0.1) is 12.4 Å².